The molecule has 3 aromatic carbocycles. The lowest BCUT2D eigenvalue weighted by molar-refractivity contribution is -0.121. The molecule has 2 nitrogen and oxygen atoms in total. The normalized spacial score (nSPS) is 18.6. The van der Waals surface area contributed by atoms with Crippen LogP contribution < -0.4 is 5.32 Å². The van der Waals surface area contributed by atoms with E-state index >= 15 is 0 Å². The van der Waals surface area contributed by atoms with Crippen molar-refractivity contribution in [1.82, 2.24) is 0 Å². The predicted octanol–water partition coefficient (Wildman–Crippen LogP) is 7.43. The van der Waals surface area contributed by atoms with Gasteiger partial charge in [0.05, 0.1) is 0 Å². The Bertz CT molecular complexity index is 875. The lowest BCUT2D eigenvalue weighted by Crippen LogP contribution is -2.27. The van der Waals surface area contributed by atoms with Crippen LogP contribution in [0.1, 0.15) is 62.0 Å². The van der Waals surface area contributed by atoms with Crippen LogP contribution in [0, 0.1) is 11.8 Å². The molecule has 0 spiro atoms. The topological polar surface area (TPSA) is 29.1 Å². The number of hydrogen-bond acceptors (Lipinski definition) is 1. The largest absolute Gasteiger partial charge is 0.326 e. The summed E-state index contributed by atoms with van der Waals surface area (Å²) >= 11 is 0. The van der Waals surface area contributed by atoms with Crippen LogP contribution in [0.3, 0.4) is 0 Å². The number of hydrogen-bond donors (Lipinski definition) is 1. The average Bonchev–Trinajstić information content (AvgIpc) is 2.84. The standard InChI is InChI=1S/C29H33NO/c31-29(30-27-16-8-3-9-17-27)26-21-19-23(20-22-26)11-10-18-28(24-12-4-1-5-13-24)25-14-6-2-7-15-25/h1-9,12-17,23,26,28H,10-11,18-22H2,(H,30,31). The fraction of sp³-hybridized carbons (Fsp3) is 0.345. The molecule has 0 atom stereocenters. The second kappa shape index (κ2) is 10.9. The SMILES string of the molecule is O=C(Nc1ccccc1)C1CCC(CCCC(c2ccccc2)c2ccccc2)CC1. The minimum atomic E-state index is 0.165. The third-order valence-electron chi connectivity index (χ3n) is 6.77. The first-order valence-corrected chi connectivity index (χ1v) is 11.8. The molecule has 1 amide bonds. The predicted molar refractivity (Wildman–Crippen MR) is 129 cm³/mol. The maximum absolute atomic E-state index is 12.6. The van der Waals surface area contributed by atoms with Gasteiger partial charge >= 0.3 is 0 Å². The monoisotopic (exact) mass is 411 g/mol. The average molecular weight is 412 g/mol. The van der Waals surface area contributed by atoms with Crippen molar-refractivity contribution in [3.8, 4) is 0 Å². The summed E-state index contributed by atoms with van der Waals surface area (Å²) in [5, 5.41) is 3.08. The molecule has 3 aromatic rings. The molecule has 31 heavy (non-hydrogen) atoms. The zero-order chi connectivity index (χ0) is 21.3. The first-order chi connectivity index (χ1) is 15.3. The highest BCUT2D eigenvalue weighted by molar-refractivity contribution is 5.92. The highest BCUT2D eigenvalue weighted by Crippen LogP contribution is 2.35. The Morgan fingerprint density at radius 2 is 1.26 bits per heavy atom. The summed E-state index contributed by atoms with van der Waals surface area (Å²) < 4.78 is 0. The number of para-hydroxylation sites is 1. The molecule has 0 saturated heterocycles. The van der Waals surface area contributed by atoms with E-state index in [0.717, 1.165) is 24.4 Å². The van der Waals surface area contributed by atoms with Crippen LogP contribution in [0.5, 0.6) is 0 Å². The van der Waals surface area contributed by atoms with Crippen molar-refractivity contribution in [1.29, 1.82) is 0 Å². The molecule has 4 rings (SSSR count). The number of carbonyl (C=O) groups is 1. The summed E-state index contributed by atoms with van der Waals surface area (Å²) in [5.74, 6) is 1.58. The van der Waals surface area contributed by atoms with Crippen LogP contribution in [0.25, 0.3) is 0 Å². The number of amides is 1. The van der Waals surface area contributed by atoms with Gasteiger partial charge in [0.2, 0.25) is 5.91 Å². The summed E-state index contributed by atoms with van der Waals surface area (Å²) in [6, 6.07) is 31.6. The first kappa shape index (κ1) is 21.4. The van der Waals surface area contributed by atoms with Gasteiger partial charge in [0, 0.05) is 17.5 Å². The van der Waals surface area contributed by atoms with Gasteiger partial charge in [-0.05, 0) is 61.3 Å². The molecule has 1 saturated carbocycles. The Morgan fingerprint density at radius 3 is 1.81 bits per heavy atom. The summed E-state index contributed by atoms with van der Waals surface area (Å²) in [6.07, 6.45) is 8.07. The van der Waals surface area contributed by atoms with Crippen LogP contribution in [0.2, 0.25) is 0 Å². The Balaban J connectivity index is 1.25. The quantitative estimate of drug-likeness (QED) is 0.410. The van der Waals surface area contributed by atoms with Crippen molar-refractivity contribution >= 4 is 11.6 Å². The molecule has 2 heteroatoms. The second-order valence-electron chi connectivity index (χ2n) is 8.88. The summed E-state index contributed by atoms with van der Waals surface area (Å²) in [5.41, 5.74) is 3.73. The minimum absolute atomic E-state index is 0.165. The van der Waals surface area contributed by atoms with E-state index in [1.807, 2.05) is 30.3 Å². The summed E-state index contributed by atoms with van der Waals surface area (Å²) in [7, 11) is 0. The third kappa shape index (κ3) is 6.07. The van der Waals surface area contributed by atoms with Gasteiger partial charge in [0.25, 0.3) is 0 Å². The number of anilines is 1. The molecule has 1 N–H and O–H groups in total. The van der Waals surface area contributed by atoms with Crippen LogP contribution in [-0.2, 0) is 4.79 Å². The first-order valence-electron chi connectivity index (χ1n) is 11.8. The fourth-order valence-electron chi connectivity index (χ4n) is 4.99. The lowest BCUT2D eigenvalue weighted by Gasteiger charge is -2.28. The maximum Gasteiger partial charge on any atom is 0.227 e. The van der Waals surface area contributed by atoms with Gasteiger partial charge in [-0.15, -0.1) is 0 Å². The number of benzene rings is 3. The Hall–Kier alpha value is -2.87. The van der Waals surface area contributed by atoms with Crippen molar-refractivity contribution in [2.75, 3.05) is 5.32 Å². The second-order valence-corrected chi connectivity index (χ2v) is 8.88. The van der Waals surface area contributed by atoms with E-state index in [2.05, 4.69) is 66.0 Å². The van der Waals surface area contributed by atoms with Crippen molar-refractivity contribution in [2.24, 2.45) is 11.8 Å². The van der Waals surface area contributed by atoms with E-state index in [4.69, 9.17) is 0 Å². The lowest BCUT2D eigenvalue weighted by atomic mass is 9.78. The van der Waals surface area contributed by atoms with E-state index in [0.29, 0.717) is 5.92 Å². The van der Waals surface area contributed by atoms with Gasteiger partial charge in [0.15, 0.2) is 0 Å². The number of rotatable bonds is 8. The van der Waals surface area contributed by atoms with Crippen molar-refractivity contribution in [3.63, 3.8) is 0 Å². The number of nitrogens with one attached hydrogen (secondary N) is 1. The van der Waals surface area contributed by atoms with Crippen LogP contribution in [0.4, 0.5) is 5.69 Å². The highest BCUT2D eigenvalue weighted by Gasteiger charge is 2.26. The van der Waals surface area contributed by atoms with Crippen LogP contribution in [-0.4, -0.2) is 5.91 Å². The maximum atomic E-state index is 12.6. The van der Waals surface area contributed by atoms with Gasteiger partial charge in [-0.25, -0.2) is 0 Å². The third-order valence-corrected chi connectivity index (χ3v) is 6.77. The van der Waals surface area contributed by atoms with Crippen molar-refractivity contribution in [3.05, 3.63) is 102 Å². The van der Waals surface area contributed by atoms with Gasteiger partial charge in [-0.2, -0.15) is 0 Å². The Labute approximate surface area is 186 Å². The molecule has 0 heterocycles. The molecule has 1 aliphatic carbocycles. The zero-order valence-corrected chi connectivity index (χ0v) is 18.3. The molecule has 0 unspecified atom stereocenters. The molecule has 1 aliphatic rings. The molecule has 0 aromatic heterocycles. The minimum Gasteiger partial charge on any atom is -0.326 e. The van der Waals surface area contributed by atoms with Crippen LogP contribution >= 0.6 is 0 Å². The molecule has 0 bridgehead atoms. The molecular weight excluding hydrogens is 378 g/mol. The fourth-order valence-corrected chi connectivity index (χ4v) is 4.99. The van der Waals surface area contributed by atoms with E-state index in [-0.39, 0.29) is 11.8 Å². The van der Waals surface area contributed by atoms with E-state index in [9.17, 15) is 4.79 Å². The van der Waals surface area contributed by atoms with E-state index in [1.165, 1.54) is 43.2 Å². The molecule has 0 aliphatic heterocycles. The molecule has 0 radical (unpaired) electrons. The highest BCUT2D eigenvalue weighted by atomic mass is 16.1. The van der Waals surface area contributed by atoms with Crippen molar-refractivity contribution in [2.45, 2.75) is 50.9 Å². The molecular formula is C29H33NO. The van der Waals surface area contributed by atoms with Crippen molar-refractivity contribution < 1.29 is 4.79 Å². The Kier molecular flexibility index (Phi) is 7.55. The van der Waals surface area contributed by atoms with Crippen LogP contribution in [0.15, 0.2) is 91.0 Å². The Morgan fingerprint density at radius 1 is 0.742 bits per heavy atom. The number of carbonyl (C=O) groups excluding carboxylic acids is 1. The van der Waals surface area contributed by atoms with Gasteiger partial charge < -0.3 is 5.32 Å². The van der Waals surface area contributed by atoms with Gasteiger partial charge in [-0.1, -0.05) is 91.7 Å². The summed E-state index contributed by atoms with van der Waals surface area (Å²) in [6.45, 7) is 0. The smallest absolute Gasteiger partial charge is 0.227 e. The zero-order valence-electron chi connectivity index (χ0n) is 18.3. The van der Waals surface area contributed by atoms with Gasteiger partial charge in [-0.3, -0.25) is 4.79 Å². The van der Waals surface area contributed by atoms with E-state index < -0.39 is 0 Å². The molecule has 160 valence electrons. The van der Waals surface area contributed by atoms with Gasteiger partial charge in [0.1, 0.15) is 0 Å². The van der Waals surface area contributed by atoms with E-state index in [1.54, 1.807) is 0 Å². The molecule has 1 fully saturated rings. The summed E-state index contributed by atoms with van der Waals surface area (Å²) in [4.78, 5) is 12.6.